The van der Waals surface area contributed by atoms with Gasteiger partial charge in [0, 0.05) is 31.1 Å². The molecule has 1 aliphatic rings. The maximum atomic E-state index is 12.2. The lowest BCUT2D eigenvalue weighted by atomic mass is 10.3. The van der Waals surface area contributed by atoms with Crippen molar-refractivity contribution in [1.82, 2.24) is 9.80 Å². The Kier molecular flexibility index (Phi) is 6.73. The average molecular weight is 337 g/mol. The summed E-state index contributed by atoms with van der Waals surface area (Å²) in [6.45, 7) is 5.05. The lowest BCUT2D eigenvalue weighted by molar-refractivity contribution is -0.117. The number of ether oxygens (including phenoxy) is 1. The SMILES string of the molecule is CCOC(=O)N1CCN(CC(=O)Nc2ccccc2SC)CC1. The molecule has 0 bridgehead atoms. The van der Waals surface area contributed by atoms with E-state index in [0.717, 1.165) is 10.6 Å². The molecule has 0 atom stereocenters. The lowest BCUT2D eigenvalue weighted by Crippen LogP contribution is -2.50. The summed E-state index contributed by atoms with van der Waals surface area (Å²) >= 11 is 1.61. The highest BCUT2D eigenvalue weighted by molar-refractivity contribution is 7.98. The number of hydrogen-bond donors (Lipinski definition) is 1. The summed E-state index contributed by atoms with van der Waals surface area (Å²) in [6.07, 6.45) is 1.71. The molecule has 1 aromatic carbocycles. The van der Waals surface area contributed by atoms with E-state index in [1.54, 1.807) is 23.6 Å². The first kappa shape index (κ1) is 17.6. The summed E-state index contributed by atoms with van der Waals surface area (Å²) < 4.78 is 4.99. The standard InChI is InChI=1S/C16H23N3O3S/c1-3-22-16(21)19-10-8-18(9-11-19)12-15(20)17-13-6-4-5-7-14(13)23-2/h4-7H,3,8-12H2,1-2H3,(H,17,20). The summed E-state index contributed by atoms with van der Waals surface area (Å²) in [6, 6.07) is 7.75. The third-order valence-electron chi connectivity index (χ3n) is 3.65. The van der Waals surface area contributed by atoms with Gasteiger partial charge in [-0.15, -0.1) is 11.8 Å². The van der Waals surface area contributed by atoms with E-state index in [-0.39, 0.29) is 12.0 Å². The molecule has 1 aromatic rings. The van der Waals surface area contributed by atoms with E-state index in [0.29, 0.717) is 39.3 Å². The van der Waals surface area contributed by atoms with Crippen LogP contribution in [0.5, 0.6) is 0 Å². The smallest absolute Gasteiger partial charge is 0.409 e. The maximum absolute atomic E-state index is 12.2. The van der Waals surface area contributed by atoms with Gasteiger partial charge in [-0.1, -0.05) is 12.1 Å². The van der Waals surface area contributed by atoms with Crippen LogP contribution in [0.25, 0.3) is 0 Å². The molecular weight excluding hydrogens is 314 g/mol. The highest BCUT2D eigenvalue weighted by Crippen LogP contribution is 2.24. The number of benzene rings is 1. The van der Waals surface area contributed by atoms with Gasteiger partial charge in [0.25, 0.3) is 0 Å². The Labute approximate surface area is 141 Å². The Morgan fingerprint density at radius 1 is 1.22 bits per heavy atom. The number of amides is 2. The molecule has 1 heterocycles. The second-order valence-corrected chi connectivity index (χ2v) is 6.06. The van der Waals surface area contributed by atoms with Crippen molar-refractivity contribution >= 4 is 29.4 Å². The van der Waals surface area contributed by atoms with Crippen molar-refractivity contribution in [2.24, 2.45) is 0 Å². The number of piperazine rings is 1. The van der Waals surface area contributed by atoms with Crippen molar-refractivity contribution < 1.29 is 14.3 Å². The van der Waals surface area contributed by atoms with Crippen molar-refractivity contribution in [3.63, 3.8) is 0 Å². The second kappa shape index (κ2) is 8.79. The first-order valence-corrected chi connectivity index (χ1v) is 8.93. The van der Waals surface area contributed by atoms with E-state index in [1.807, 2.05) is 35.4 Å². The molecule has 0 unspecified atom stereocenters. The number of carbonyl (C=O) groups is 2. The highest BCUT2D eigenvalue weighted by atomic mass is 32.2. The fourth-order valence-corrected chi connectivity index (χ4v) is 3.00. The first-order valence-electron chi connectivity index (χ1n) is 7.71. The molecule has 2 amide bonds. The number of rotatable bonds is 5. The normalized spacial score (nSPS) is 15.3. The van der Waals surface area contributed by atoms with E-state index in [4.69, 9.17) is 4.74 Å². The highest BCUT2D eigenvalue weighted by Gasteiger charge is 2.23. The largest absolute Gasteiger partial charge is 0.450 e. The van der Waals surface area contributed by atoms with Gasteiger partial charge in [0.05, 0.1) is 18.8 Å². The summed E-state index contributed by atoms with van der Waals surface area (Å²) in [5.74, 6) is -0.0314. The summed E-state index contributed by atoms with van der Waals surface area (Å²) in [5.41, 5.74) is 0.843. The van der Waals surface area contributed by atoms with Gasteiger partial charge in [-0.3, -0.25) is 9.69 Å². The van der Waals surface area contributed by atoms with Crippen molar-refractivity contribution in [2.45, 2.75) is 11.8 Å². The third-order valence-corrected chi connectivity index (χ3v) is 4.44. The molecule has 0 aromatic heterocycles. The van der Waals surface area contributed by atoms with Crippen LogP contribution in [0.3, 0.4) is 0 Å². The number of anilines is 1. The van der Waals surface area contributed by atoms with Crippen molar-refractivity contribution in [3.05, 3.63) is 24.3 Å². The van der Waals surface area contributed by atoms with Gasteiger partial charge in [-0.2, -0.15) is 0 Å². The summed E-state index contributed by atoms with van der Waals surface area (Å²) in [5, 5.41) is 2.96. The predicted octanol–water partition coefficient (Wildman–Crippen LogP) is 2.12. The number of thioether (sulfide) groups is 1. The summed E-state index contributed by atoms with van der Waals surface area (Å²) in [7, 11) is 0. The van der Waals surface area contributed by atoms with Gasteiger partial charge in [-0.25, -0.2) is 4.79 Å². The molecule has 0 saturated carbocycles. The molecule has 2 rings (SSSR count). The van der Waals surface area contributed by atoms with Crippen LogP contribution < -0.4 is 5.32 Å². The van der Waals surface area contributed by atoms with Gasteiger partial charge in [-0.05, 0) is 25.3 Å². The third kappa shape index (κ3) is 5.14. The number of nitrogens with one attached hydrogen (secondary N) is 1. The Morgan fingerprint density at radius 2 is 1.91 bits per heavy atom. The summed E-state index contributed by atoms with van der Waals surface area (Å²) in [4.78, 5) is 28.6. The molecule has 1 aliphatic heterocycles. The van der Waals surface area contributed by atoms with Crippen LogP contribution in [0.1, 0.15) is 6.92 Å². The minimum absolute atomic E-state index is 0.0314. The lowest BCUT2D eigenvalue weighted by Gasteiger charge is -2.33. The van der Waals surface area contributed by atoms with Gasteiger partial charge in [0.15, 0.2) is 0 Å². The Hall–Kier alpha value is -1.73. The molecule has 1 N–H and O–H groups in total. The van der Waals surface area contributed by atoms with Crippen molar-refractivity contribution in [1.29, 1.82) is 0 Å². The number of para-hydroxylation sites is 1. The maximum Gasteiger partial charge on any atom is 0.409 e. The van der Waals surface area contributed by atoms with Crippen molar-refractivity contribution in [3.8, 4) is 0 Å². The van der Waals surface area contributed by atoms with Crippen LogP contribution in [0, 0.1) is 0 Å². The molecule has 0 radical (unpaired) electrons. The zero-order valence-electron chi connectivity index (χ0n) is 13.6. The zero-order valence-corrected chi connectivity index (χ0v) is 14.4. The van der Waals surface area contributed by atoms with Crippen LogP contribution in [-0.4, -0.2) is 67.4 Å². The molecule has 1 fully saturated rings. The molecule has 0 spiro atoms. The van der Waals surface area contributed by atoms with Crippen molar-refractivity contribution in [2.75, 3.05) is 50.9 Å². The Morgan fingerprint density at radius 3 is 2.57 bits per heavy atom. The van der Waals surface area contributed by atoms with E-state index in [9.17, 15) is 9.59 Å². The fourth-order valence-electron chi connectivity index (χ4n) is 2.44. The van der Waals surface area contributed by atoms with E-state index in [2.05, 4.69) is 5.32 Å². The monoisotopic (exact) mass is 337 g/mol. The fraction of sp³-hybridized carbons (Fsp3) is 0.500. The molecule has 126 valence electrons. The Balaban J connectivity index is 1.80. The van der Waals surface area contributed by atoms with Gasteiger partial charge in [0.2, 0.25) is 5.91 Å². The molecule has 1 saturated heterocycles. The minimum atomic E-state index is -0.273. The van der Waals surface area contributed by atoms with Crippen LogP contribution in [0.15, 0.2) is 29.2 Å². The number of hydrogen-bond acceptors (Lipinski definition) is 5. The first-order chi connectivity index (χ1) is 11.1. The Bertz CT molecular complexity index is 545. The van der Waals surface area contributed by atoms with E-state index >= 15 is 0 Å². The van der Waals surface area contributed by atoms with E-state index < -0.39 is 0 Å². The van der Waals surface area contributed by atoms with Crippen LogP contribution in [-0.2, 0) is 9.53 Å². The van der Waals surface area contributed by atoms with E-state index in [1.165, 1.54) is 0 Å². The predicted molar refractivity (Wildman–Crippen MR) is 91.9 cm³/mol. The van der Waals surface area contributed by atoms with Gasteiger partial charge < -0.3 is 15.0 Å². The molecule has 7 heteroatoms. The van der Waals surface area contributed by atoms with Gasteiger partial charge in [0.1, 0.15) is 0 Å². The van der Waals surface area contributed by atoms with Crippen LogP contribution >= 0.6 is 11.8 Å². The van der Waals surface area contributed by atoms with Crippen LogP contribution in [0.2, 0.25) is 0 Å². The molecule has 23 heavy (non-hydrogen) atoms. The minimum Gasteiger partial charge on any atom is -0.450 e. The average Bonchev–Trinajstić information content (AvgIpc) is 2.56. The zero-order chi connectivity index (χ0) is 16.7. The molecule has 0 aliphatic carbocycles. The molecular formula is C16H23N3O3S. The number of nitrogens with zero attached hydrogens (tertiary/aromatic N) is 2. The van der Waals surface area contributed by atoms with Gasteiger partial charge >= 0.3 is 6.09 Å². The second-order valence-electron chi connectivity index (χ2n) is 5.21. The number of carbonyl (C=O) groups excluding carboxylic acids is 2. The quantitative estimate of drug-likeness (QED) is 0.834. The molecule has 6 nitrogen and oxygen atoms in total. The van der Waals surface area contributed by atoms with Crippen LogP contribution in [0.4, 0.5) is 10.5 Å². The topological polar surface area (TPSA) is 61.9 Å².